The van der Waals surface area contributed by atoms with Crippen LogP contribution in [-0.2, 0) is 14.8 Å². The van der Waals surface area contributed by atoms with Gasteiger partial charge in [-0.3, -0.25) is 0 Å². The summed E-state index contributed by atoms with van der Waals surface area (Å²) in [7, 11) is -2.88. The fourth-order valence-electron chi connectivity index (χ4n) is 1.09. The highest BCUT2D eigenvalue weighted by atomic mass is 79.9. The van der Waals surface area contributed by atoms with Crippen LogP contribution in [0.5, 0.6) is 0 Å². The van der Waals surface area contributed by atoms with Crippen LogP contribution in [0.15, 0.2) is 27.8 Å². The average Bonchev–Trinajstić information content (AvgIpc) is 2.25. The number of nitrogens with zero attached hydrogens (tertiary/aromatic N) is 2. The van der Waals surface area contributed by atoms with E-state index in [9.17, 15) is 13.2 Å². The minimum Gasteiger partial charge on any atom is -0.443 e. The second kappa shape index (κ2) is 5.46. The third kappa shape index (κ3) is 4.17. The van der Waals surface area contributed by atoms with Crippen LogP contribution in [0, 0.1) is 0 Å². The molecule has 106 valence electrons. The molecule has 0 atom stereocenters. The van der Waals surface area contributed by atoms with Crippen molar-refractivity contribution in [3.63, 3.8) is 0 Å². The van der Waals surface area contributed by atoms with Gasteiger partial charge >= 0.3 is 6.09 Å². The summed E-state index contributed by atoms with van der Waals surface area (Å²) >= 11 is 3.15. The zero-order valence-corrected chi connectivity index (χ0v) is 13.4. The highest BCUT2D eigenvalue weighted by molar-refractivity contribution is 9.10. The van der Waals surface area contributed by atoms with E-state index in [4.69, 9.17) is 4.74 Å². The van der Waals surface area contributed by atoms with Gasteiger partial charge < -0.3 is 4.74 Å². The summed E-state index contributed by atoms with van der Waals surface area (Å²) in [6.07, 6.45) is 0.383. The van der Waals surface area contributed by atoms with Gasteiger partial charge in [0.05, 0.1) is 0 Å². The molecule has 0 N–H and O–H groups in total. The maximum absolute atomic E-state index is 12.2. The molecule has 0 aliphatic heterocycles. The number of halogens is 1. The Morgan fingerprint density at radius 1 is 1.42 bits per heavy atom. The van der Waals surface area contributed by atoms with E-state index in [1.165, 1.54) is 12.3 Å². The summed E-state index contributed by atoms with van der Waals surface area (Å²) in [5.41, 5.74) is -0.772. The first-order chi connectivity index (χ1) is 8.54. The molecule has 19 heavy (non-hydrogen) atoms. The van der Waals surface area contributed by atoms with E-state index in [-0.39, 0.29) is 5.03 Å². The molecule has 6 nitrogen and oxygen atoms in total. The topological polar surface area (TPSA) is 76.6 Å². The number of pyridine rings is 1. The van der Waals surface area contributed by atoms with Crippen molar-refractivity contribution in [2.24, 2.45) is 0 Å². The molecule has 0 saturated carbocycles. The largest absolute Gasteiger partial charge is 0.443 e. The molecule has 0 radical (unpaired) electrons. The van der Waals surface area contributed by atoms with E-state index < -0.39 is 21.7 Å². The van der Waals surface area contributed by atoms with E-state index in [1.807, 2.05) is 0 Å². The molecule has 1 rings (SSSR count). The van der Waals surface area contributed by atoms with Gasteiger partial charge in [-0.1, -0.05) is 15.9 Å². The van der Waals surface area contributed by atoms with Crippen LogP contribution in [0.1, 0.15) is 20.8 Å². The molecule has 0 bridgehead atoms. The zero-order valence-electron chi connectivity index (χ0n) is 11.0. The second-order valence-electron chi connectivity index (χ2n) is 4.77. The number of carbonyl (C=O) groups is 1. The van der Waals surface area contributed by atoms with Crippen molar-refractivity contribution in [1.29, 1.82) is 0 Å². The Bertz CT molecular complexity index is 581. The SMILES string of the molecule is CN(C(=O)OC(C)(C)C)S(=O)(=O)c1cc(Br)ccn1. The molecular weight excluding hydrogens is 336 g/mol. The highest BCUT2D eigenvalue weighted by Gasteiger charge is 2.30. The fraction of sp³-hybridized carbons (Fsp3) is 0.455. The first kappa shape index (κ1) is 15.9. The van der Waals surface area contributed by atoms with Crippen molar-refractivity contribution in [1.82, 2.24) is 9.29 Å². The second-order valence-corrected chi connectivity index (χ2v) is 7.60. The Morgan fingerprint density at radius 3 is 2.47 bits per heavy atom. The van der Waals surface area contributed by atoms with E-state index in [1.54, 1.807) is 26.8 Å². The molecule has 1 amide bonds. The number of sulfonamides is 1. The first-order valence-corrected chi connectivity index (χ1v) is 7.61. The predicted molar refractivity (Wildman–Crippen MR) is 73.1 cm³/mol. The quantitative estimate of drug-likeness (QED) is 0.818. The van der Waals surface area contributed by atoms with E-state index in [0.717, 1.165) is 7.05 Å². The Morgan fingerprint density at radius 2 is 2.00 bits per heavy atom. The van der Waals surface area contributed by atoms with E-state index in [2.05, 4.69) is 20.9 Å². The van der Waals surface area contributed by atoms with Gasteiger partial charge in [0, 0.05) is 17.7 Å². The molecular formula is C11H15BrN2O4S. The minimum absolute atomic E-state index is 0.227. The first-order valence-electron chi connectivity index (χ1n) is 5.37. The lowest BCUT2D eigenvalue weighted by Crippen LogP contribution is -2.38. The monoisotopic (exact) mass is 350 g/mol. The summed E-state index contributed by atoms with van der Waals surface area (Å²) in [6, 6.07) is 2.91. The zero-order chi connectivity index (χ0) is 14.8. The molecule has 8 heteroatoms. The summed E-state index contributed by atoms with van der Waals surface area (Å²) in [5, 5.41) is -0.227. The molecule has 0 unspecified atom stereocenters. The summed E-state index contributed by atoms with van der Waals surface area (Å²) in [6.45, 7) is 4.97. The predicted octanol–water partition coefficient (Wildman–Crippen LogP) is 2.40. The van der Waals surface area contributed by atoms with Crippen molar-refractivity contribution in [3.05, 3.63) is 22.8 Å². The number of ether oxygens (including phenoxy) is 1. The van der Waals surface area contributed by atoms with Gasteiger partial charge in [0.2, 0.25) is 0 Å². The van der Waals surface area contributed by atoms with Crippen molar-refractivity contribution in [2.75, 3.05) is 7.05 Å². The van der Waals surface area contributed by atoms with Crippen LogP contribution in [0.4, 0.5) is 4.79 Å². The molecule has 0 aliphatic carbocycles. The van der Waals surface area contributed by atoms with Gasteiger partial charge in [-0.05, 0) is 32.9 Å². The van der Waals surface area contributed by atoms with Crippen molar-refractivity contribution in [3.8, 4) is 0 Å². The number of carbonyl (C=O) groups excluding carboxylic acids is 1. The standard InChI is InChI=1S/C11H15BrN2O4S/c1-11(2,3)18-10(15)14(4)19(16,17)9-7-8(12)5-6-13-9/h5-7H,1-4H3. The van der Waals surface area contributed by atoms with Gasteiger partial charge in [0.1, 0.15) is 5.60 Å². The van der Waals surface area contributed by atoms with Crippen molar-refractivity contribution < 1.29 is 17.9 Å². The molecule has 1 aromatic rings. The average molecular weight is 351 g/mol. The molecule has 1 heterocycles. The van der Waals surface area contributed by atoms with Crippen molar-refractivity contribution in [2.45, 2.75) is 31.4 Å². The summed E-state index contributed by atoms with van der Waals surface area (Å²) in [5.74, 6) is 0. The van der Waals surface area contributed by atoms with E-state index >= 15 is 0 Å². The van der Waals surface area contributed by atoms with Gasteiger partial charge in [0.15, 0.2) is 5.03 Å². The van der Waals surface area contributed by atoms with Crippen LogP contribution < -0.4 is 0 Å². The Labute approximate surface area is 121 Å². The maximum atomic E-state index is 12.2. The van der Waals surface area contributed by atoms with Crippen molar-refractivity contribution >= 4 is 32.0 Å². The summed E-state index contributed by atoms with van der Waals surface area (Å²) in [4.78, 5) is 15.5. The lowest BCUT2D eigenvalue weighted by molar-refractivity contribution is 0.0420. The Hall–Kier alpha value is -1.15. The number of hydrogen-bond acceptors (Lipinski definition) is 5. The number of rotatable bonds is 2. The third-order valence-electron chi connectivity index (χ3n) is 1.97. The molecule has 0 spiro atoms. The molecule has 1 aromatic heterocycles. The number of aromatic nitrogens is 1. The van der Waals surface area contributed by atoms with Crippen LogP contribution in [0.3, 0.4) is 0 Å². The Kier molecular flexibility index (Phi) is 4.57. The third-order valence-corrected chi connectivity index (χ3v) is 4.09. The van der Waals surface area contributed by atoms with Gasteiger partial charge in [-0.15, -0.1) is 0 Å². The van der Waals surface area contributed by atoms with Crippen LogP contribution in [-0.4, -0.2) is 36.4 Å². The van der Waals surface area contributed by atoms with E-state index in [0.29, 0.717) is 8.78 Å². The normalized spacial score (nSPS) is 12.1. The lowest BCUT2D eigenvalue weighted by Gasteiger charge is -2.24. The van der Waals surface area contributed by atoms with Crippen LogP contribution in [0.25, 0.3) is 0 Å². The molecule has 0 saturated heterocycles. The van der Waals surface area contributed by atoms with Crippen LogP contribution in [0.2, 0.25) is 0 Å². The number of amides is 1. The van der Waals surface area contributed by atoms with Gasteiger partial charge in [-0.2, -0.15) is 8.42 Å². The lowest BCUT2D eigenvalue weighted by atomic mass is 10.2. The molecule has 0 fully saturated rings. The highest BCUT2D eigenvalue weighted by Crippen LogP contribution is 2.18. The van der Waals surface area contributed by atoms with Gasteiger partial charge in [0.25, 0.3) is 10.0 Å². The molecule has 0 aliphatic rings. The smallest absolute Gasteiger partial charge is 0.424 e. The Balaban J connectivity index is 3.04. The fourth-order valence-corrected chi connectivity index (χ4v) is 2.56. The minimum atomic E-state index is -4.02. The van der Waals surface area contributed by atoms with Crippen LogP contribution >= 0.6 is 15.9 Å². The summed E-state index contributed by atoms with van der Waals surface area (Å²) < 4.78 is 30.4. The van der Waals surface area contributed by atoms with Gasteiger partial charge in [-0.25, -0.2) is 14.1 Å². The molecule has 0 aromatic carbocycles. The number of hydrogen-bond donors (Lipinski definition) is 0. The maximum Gasteiger partial charge on any atom is 0.424 e.